The summed E-state index contributed by atoms with van der Waals surface area (Å²) in [6.07, 6.45) is 3.24. The standard InChI is InChI=1S/C12H14N4O2/c1-13-10-6-11(17)16(15-7-10)8-9-4-3-5-14-12(9)18-2/h3-7,13H,8H2,1-2H3. The molecular formula is C12H14N4O2. The molecule has 0 bridgehead atoms. The second kappa shape index (κ2) is 5.31. The summed E-state index contributed by atoms with van der Waals surface area (Å²) in [5.41, 5.74) is 1.33. The van der Waals surface area contributed by atoms with Gasteiger partial charge in [0.15, 0.2) is 0 Å². The van der Waals surface area contributed by atoms with E-state index in [9.17, 15) is 4.79 Å². The van der Waals surface area contributed by atoms with Gasteiger partial charge in [-0.3, -0.25) is 4.79 Å². The summed E-state index contributed by atoms with van der Waals surface area (Å²) in [7, 11) is 3.29. The Labute approximate surface area is 104 Å². The Morgan fingerprint density at radius 2 is 2.33 bits per heavy atom. The third-order valence-electron chi connectivity index (χ3n) is 2.52. The van der Waals surface area contributed by atoms with Gasteiger partial charge < -0.3 is 10.1 Å². The van der Waals surface area contributed by atoms with Crippen molar-refractivity contribution in [3.63, 3.8) is 0 Å². The van der Waals surface area contributed by atoms with E-state index in [-0.39, 0.29) is 5.56 Å². The fourth-order valence-corrected chi connectivity index (χ4v) is 1.58. The monoisotopic (exact) mass is 246 g/mol. The molecular weight excluding hydrogens is 232 g/mol. The fourth-order valence-electron chi connectivity index (χ4n) is 1.58. The van der Waals surface area contributed by atoms with Crippen LogP contribution in [0.4, 0.5) is 5.69 Å². The number of rotatable bonds is 4. The third-order valence-corrected chi connectivity index (χ3v) is 2.52. The Kier molecular flexibility index (Phi) is 3.57. The number of pyridine rings is 1. The van der Waals surface area contributed by atoms with Gasteiger partial charge in [0.05, 0.1) is 25.5 Å². The second-order valence-corrected chi connectivity index (χ2v) is 3.66. The summed E-state index contributed by atoms with van der Waals surface area (Å²) in [5.74, 6) is 0.504. The van der Waals surface area contributed by atoms with E-state index in [4.69, 9.17) is 4.74 Å². The number of ether oxygens (including phenoxy) is 1. The van der Waals surface area contributed by atoms with Crippen molar-refractivity contribution in [2.24, 2.45) is 0 Å². The van der Waals surface area contributed by atoms with Gasteiger partial charge in [-0.2, -0.15) is 5.10 Å². The van der Waals surface area contributed by atoms with Gasteiger partial charge in [-0.1, -0.05) is 6.07 Å². The maximum atomic E-state index is 11.8. The average molecular weight is 246 g/mol. The lowest BCUT2D eigenvalue weighted by atomic mass is 10.2. The van der Waals surface area contributed by atoms with E-state index >= 15 is 0 Å². The second-order valence-electron chi connectivity index (χ2n) is 3.66. The zero-order valence-corrected chi connectivity index (χ0v) is 10.3. The molecule has 0 aliphatic heterocycles. The van der Waals surface area contributed by atoms with Crippen molar-refractivity contribution in [3.8, 4) is 5.88 Å². The van der Waals surface area contributed by atoms with Gasteiger partial charge in [-0.15, -0.1) is 0 Å². The topological polar surface area (TPSA) is 69.0 Å². The van der Waals surface area contributed by atoms with Gasteiger partial charge in [0.2, 0.25) is 5.88 Å². The zero-order valence-electron chi connectivity index (χ0n) is 10.3. The lowest BCUT2D eigenvalue weighted by Gasteiger charge is -2.08. The van der Waals surface area contributed by atoms with Crippen LogP contribution in [-0.2, 0) is 6.54 Å². The summed E-state index contributed by atoms with van der Waals surface area (Å²) in [6.45, 7) is 0.333. The van der Waals surface area contributed by atoms with Crippen LogP contribution in [0.15, 0.2) is 35.4 Å². The van der Waals surface area contributed by atoms with E-state index in [0.717, 1.165) is 5.56 Å². The molecule has 0 spiro atoms. The molecule has 2 rings (SSSR count). The Balaban J connectivity index is 2.31. The van der Waals surface area contributed by atoms with E-state index in [1.807, 2.05) is 6.07 Å². The van der Waals surface area contributed by atoms with Crippen molar-refractivity contribution < 1.29 is 4.74 Å². The summed E-state index contributed by atoms with van der Waals surface area (Å²) < 4.78 is 6.50. The fraction of sp³-hybridized carbons (Fsp3) is 0.250. The number of hydrogen-bond acceptors (Lipinski definition) is 5. The Morgan fingerprint density at radius 3 is 3.00 bits per heavy atom. The van der Waals surface area contributed by atoms with Crippen LogP contribution in [0.2, 0.25) is 0 Å². The third kappa shape index (κ3) is 2.48. The molecule has 0 radical (unpaired) electrons. The average Bonchev–Trinajstić information content (AvgIpc) is 2.41. The van der Waals surface area contributed by atoms with E-state index in [1.165, 1.54) is 10.7 Å². The number of nitrogens with one attached hydrogen (secondary N) is 1. The van der Waals surface area contributed by atoms with Crippen LogP contribution in [0, 0.1) is 0 Å². The normalized spacial score (nSPS) is 10.1. The molecule has 6 nitrogen and oxygen atoms in total. The van der Waals surface area contributed by atoms with Gasteiger partial charge in [-0.05, 0) is 6.07 Å². The summed E-state index contributed by atoms with van der Waals surface area (Å²) in [6, 6.07) is 5.15. The predicted octanol–water partition coefficient (Wildman–Crippen LogP) is 0.737. The molecule has 0 aliphatic carbocycles. The quantitative estimate of drug-likeness (QED) is 0.861. The van der Waals surface area contributed by atoms with E-state index in [1.54, 1.807) is 32.6 Å². The smallest absolute Gasteiger partial charge is 0.269 e. The minimum atomic E-state index is -0.173. The summed E-state index contributed by atoms with van der Waals surface area (Å²) in [4.78, 5) is 15.9. The molecule has 2 aromatic heterocycles. The molecule has 18 heavy (non-hydrogen) atoms. The van der Waals surface area contributed by atoms with E-state index in [0.29, 0.717) is 18.1 Å². The van der Waals surface area contributed by atoms with Crippen LogP contribution >= 0.6 is 0 Å². The molecule has 0 unspecified atom stereocenters. The van der Waals surface area contributed by atoms with E-state index in [2.05, 4.69) is 15.4 Å². The van der Waals surface area contributed by atoms with Crippen LogP contribution in [0.5, 0.6) is 5.88 Å². The molecule has 0 aliphatic rings. The first-order valence-electron chi connectivity index (χ1n) is 5.47. The molecule has 0 aromatic carbocycles. The minimum absolute atomic E-state index is 0.173. The maximum Gasteiger partial charge on any atom is 0.269 e. The first-order chi connectivity index (χ1) is 8.74. The number of anilines is 1. The zero-order chi connectivity index (χ0) is 13.0. The van der Waals surface area contributed by atoms with Crippen molar-refractivity contribution >= 4 is 5.69 Å². The molecule has 1 N–H and O–H groups in total. The highest BCUT2D eigenvalue weighted by Gasteiger charge is 2.06. The number of hydrogen-bond donors (Lipinski definition) is 1. The molecule has 0 saturated carbocycles. The Bertz CT molecular complexity index is 595. The van der Waals surface area contributed by atoms with Gasteiger partial charge in [0.25, 0.3) is 5.56 Å². The van der Waals surface area contributed by atoms with Crippen LogP contribution in [0.25, 0.3) is 0 Å². The van der Waals surface area contributed by atoms with Crippen molar-refractivity contribution in [1.82, 2.24) is 14.8 Å². The molecule has 94 valence electrons. The Hall–Kier alpha value is -2.37. The molecule has 6 heteroatoms. The van der Waals surface area contributed by atoms with Gasteiger partial charge in [-0.25, -0.2) is 9.67 Å². The minimum Gasteiger partial charge on any atom is -0.481 e. The van der Waals surface area contributed by atoms with E-state index < -0.39 is 0 Å². The highest BCUT2D eigenvalue weighted by atomic mass is 16.5. The SMILES string of the molecule is CNc1cnn(Cc2cccnc2OC)c(=O)c1. The largest absolute Gasteiger partial charge is 0.481 e. The highest BCUT2D eigenvalue weighted by molar-refractivity contribution is 5.37. The van der Waals surface area contributed by atoms with Crippen molar-refractivity contribution in [2.75, 3.05) is 19.5 Å². The molecule has 0 fully saturated rings. The molecule has 2 heterocycles. The van der Waals surface area contributed by atoms with Gasteiger partial charge in [0.1, 0.15) is 0 Å². The molecule has 2 aromatic rings. The van der Waals surface area contributed by atoms with Crippen LogP contribution in [0.3, 0.4) is 0 Å². The predicted molar refractivity (Wildman–Crippen MR) is 67.9 cm³/mol. The first kappa shape index (κ1) is 12.1. The van der Waals surface area contributed by atoms with Crippen LogP contribution in [0.1, 0.15) is 5.56 Å². The van der Waals surface area contributed by atoms with Crippen molar-refractivity contribution in [1.29, 1.82) is 0 Å². The summed E-state index contributed by atoms with van der Waals surface area (Å²) >= 11 is 0. The lowest BCUT2D eigenvalue weighted by molar-refractivity contribution is 0.389. The summed E-state index contributed by atoms with van der Waals surface area (Å²) in [5, 5.41) is 6.95. The van der Waals surface area contributed by atoms with Gasteiger partial charge >= 0.3 is 0 Å². The molecule has 0 saturated heterocycles. The van der Waals surface area contributed by atoms with Crippen LogP contribution < -0.4 is 15.6 Å². The first-order valence-corrected chi connectivity index (χ1v) is 5.47. The number of methoxy groups -OCH3 is 1. The van der Waals surface area contributed by atoms with Gasteiger partial charge in [0, 0.05) is 24.9 Å². The maximum absolute atomic E-state index is 11.8. The number of nitrogens with zero attached hydrogens (tertiary/aromatic N) is 3. The highest BCUT2D eigenvalue weighted by Crippen LogP contribution is 2.13. The molecule has 0 amide bonds. The lowest BCUT2D eigenvalue weighted by Crippen LogP contribution is -2.23. The Morgan fingerprint density at radius 1 is 1.50 bits per heavy atom. The molecule has 0 atom stereocenters. The van der Waals surface area contributed by atoms with Crippen LogP contribution in [-0.4, -0.2) is 28.9 Å². The van der Waals surface area contributed by atoms with Crippen molar-refractivity contribution in [2.45, 2.75) is 6.54 Å². The number of aromatic nitrogens is 3. The van der Waals surface area contributed by atoms with Crippen molar-refractivity contribution in [3.05, 3.63) is 46.5 Å².